The molecule has 0 amide bonds. The molecular formula is C17H21N7S. The number of nitrogens with zero attached hydrogens (tertiary/aromatic N) is 5. The van der Waals surface area contributed by atoms with Gasteiger partial charge in [-0.15, -0.1) is 11.3 Å². The molecule has 1 aliphatic heterocycles. The van der Waals surface area contributed by atoms with Gasteiger partial charge in [0.15, 0.2) is 10.9 Å². The molecular weight excluding hydrogens is 334 g/mol. The van der Waals surface area contributed by atoms with Crippen LogP contribution in [-0.4, -0.2) is 43.1 Å². The summed E-state index contributed by atoms with van der Waals surface area (Å²) >= 11 is 1.63. The van der Waals surface area contributed by atoms with Crippen LogP contribution in [-0.2, 0) is 6.54 Å². The second-order valence-corrected chi connectivity index (χ2v) is 7.58. The van der Waals surface area contributed by atoms with Crippen LogP contribution in [0.15, 0.2) is 30.9 Å². The maximum Gasteiger partial charge on any atom is 0.188 e. The molecule has 3 aromatic heterocycles. The molecule has 1 aliphatic rings. The number of aromatic nitrogens is 5. The zero-order chi connectivity index (χ0) is 17.1. The molecule has 2 N–H and O–H groups in total. The molecule has 7 nitrogen and oxygen atoms in total. The van der Waals surface area contributed by atoms with Crippen LogP contribution in [0.4, 0.5) is 10.9 Å². The molecule has 0 bridgehead atoms. The van der Waals surface area contributed by atoms with Crippen LogP contribution in [0.3, 0.4) is 0 Å². The van der Waals surface area contributed by atoms with E-state index in [1.165, 1.54) is 4.88 Å². The number of aromatic amines is 1. The van der Waals surface area contributed by atoms with E-state index >= 15 is 0 Å². The Bertz CT molecular complexity index is 814. The summed E-state index contributed by atoms with van der Waals surface area (Å²) in [5.74, 6) is 1.19. The molecule has 0 saturated carbocycles. The third-order valence-corrected chi connectivity index (χ3v) is 5.25. The summed E-state index contributed by atoms with van der Waals surface area (Å²) in [5.41, 5.74) is 2.18. The molecule has 0 aromatic carbocycles. The van der Waals surface area contributed by atoms with Crippen LogP contribution in [0, 0.1) is 6.92 Å². The third-order valence-electron chi connectivity index (χ3n) is 4.42. The predicted octanol–water partition coefficient (Wildman–Crippen LogP) is 3.09. The number of piperidine rings is 1. The average Bonchev–Trinajstić information content (AvgIpc) is 3.27. The Hall–Kier alpha value is -2.32. The van der Waals surface area contributed by atoms with Gasteiger partial charge in [0.2, 0.25) is 0 Å². The van der Waals surface area contributed by atoms with E-state index in [1.807, 2.05) is 12.3 Å². The Morgan fingerprint density at radius 3 is 3.00 bits per heavy atom. The van der Waals surface area contributed by atoms with E-state index < -0.39 is 0 Å². The molecule has 8 heteroatoms. The van der Waals surface area contributed by atoms with E-state index in [9.17, 15) is 0 Å². The summed E-state index contributed by atoms with van der Waals surface area (Å²) in [4.78, 5) is 17.2. The Labute approximate surface area is 150 Å². The van der Waals surface area contributed by atoms with Crippen molar-refractivity contribution >= 4 is 22.3 Å². The highest BCUT2D eigenvalue weighted by atomic mass is 32.1. The SMILES string of the molecule is Cc1cnc(Nc2nccnc2[C@@H]2CCCN(Cc3ccn[nH]3)C2)s1. The van der Waals surface area contributed by atoms with Crippen molar-refractivity contribution in [3.05, 3.63) is 47.1 Å². The predicted molar refractivity (Wildman–Crippen MR) is 98.0 cm³/mol. The van der Waals surface area contributed by atoms with Crippen molar-refractivity contribution in [3.63, 3.8) is 0 Å². The quantitative estimate of drug-likeness (QED) is 0.732. The number of rotatable bonds is 5. The van der Waals surface area contributed by atoms with E-state index in [4.69, 9.17) is 0 Å². The summed E-state index contributed by atoms with van der Waals surface area (Å²) in [6, 6.07) is 2.03. The fraction of sp³-hybridized carbons (Fsp3) is 0.412. The lowest BCUT2D eigenvalue weighted by Crippen LogP contribution is -2.34. The number of likely N-dealkylation sites (tertiary alicyclic amines) is 1. The minimum atomic E-state index is 0.369. The van der Waals surface area contributed by atoms with Gasteiger partial charge in [0.05, 0.1) is 5.69 Å². The van der Waals surface area contributed by atoms with Gasteiger partial charge in [0, 0.05) is 54.4 Å². The second kappa shape index (κ2) is 7.28. The van der Waals surface area contributed by atoms with Crippen LogP contribution in [0.2, 0.25) is 0 Å². The van der Waals surface area contributed by atoms with E-state index in [0.717, 1.165) is 54.8 Å². The van der Waals surface area contributed by atoms with Gasteiger partial charge < -0.3 is 5.32 Å². The first-order valence-electron chi connectivity index (χ1n) is 8.49. The maximum atomic E-state index is 4.64. The third kappa shape index (κ3) is 3.85. The molecule has 0 aliphatic carbocycles. The van der Waals surface area contributed by atoms with Gasteiger partial charge in [-0.2, -0.15) is 5.10 Å². The highest BCUT2D eigenvalue weighted by Gasteiger charge is 2.25. The largest absolute Gasteiger partial charge is 0.315 e. The normalized spacial score (nSPS) is 18.4. The summed E-state index contributed by atoms with van der Waals surface area (Å²) in [6.07, 6.45) is 9.47. The van der Waals surface area contributed by atoms with E-state index in [1.54, 1.807) is 29.9 Å². The standard InChI is InChI=1S/C17H21N7S/c1-12-9-20-17(25-12)22-16-15(18-6-7-19-16)13-3-2-8-24(10-13)11-14-4-5-21-23-14/h4-7,9,13H,2-3,8,10-11H2,1H3,(H,21,23)(H,19,20,22)/t13-/m1/s1. The first kappa shape index (κ1) is 16.2. The number of thiazole rings is 1. The first-order chi connectivity index (χ1) is 12.3. The lowest BCUT2D eigenvalue weighted by molar-refractivity contribution is 0.196. The lowest BCUT2D eigenvalue weighted by atomic mass is 9.94. The van der Waals surface area contributed by atoms with Crippen LogP contribution >= 0.6 is 11.3 Å². The van der Waals surface area contributed by atoms with Gasteiger partial charge in [-0.3, -0.25) is 15.0 Å². The fourth-order valence-electron chi connectivity index (χ4n) is 3.29. The first-order valence-corrected chi connectivity index (χ1v) is 9.30. The molecule has 4 heterocycles. The van der Waals surface area contributed by atoms with E-state index in [2.05, 4.69) is 42.3 Å². The second-order valence-electron chi connectivity index (χ2n) is 6.35. The zero-order valence-electron chi connectivity index (χ0n) is 14.1. The molecule has 1 fully saturated rings. The summed E-state index contributed by atoms with van der Waals surface area (Å²) in [5, 5.41) is 11.3. The molecule has 0 spiro atoms. The van der Waals surface area contributed by atoms with Crippen molar-refractivity contribution in [2.45, 2.75) is 32.2 Å². The van der Waals surface area contributed by atoms with Gasteiger partial charge in [-0.05, 0) is 32.4 Å². The van der Waals surface area contributed by atoms with E-state index in [0.29, 0.717) is 5.92 Å². The van der Waals surface area contributed by atoms with Gasteiger partial charge >= 0.3 is 0 Å². The summed E-state index contributed by atoms with van der Waals surface area (Å²) in [6.45, 7) is 5.02. The molecule has 0 unspecified atom stereocenters. The van der Waals surface area contributed by atoms with Gasteiger partial charge in [0.1, 0.15) is 0 Å². The fourth-order valence-corrected chi connectivity index (χ4v) is 3.96. The molecule has 4 rings (SSSR count). The minimum absolute atomic E-state index is 0.369. The van der Waals surface area contributed by atoms with Gasteiger partial charge in [-0.1, -0.05) is 0 Å². The lowest BCUT2D eigenvalue weighted by Gasteiger charge is -2.32. The Morgan fingerprint density at radius 2 is 2.20 bits per heavy atom. The summed E-state index contributed by atoms with van der Waals surface area (Å²) < 4.78 is 0. The van der Waals surface area contributed by atoms with Gasteiger partial charge in [-0.25, -0.2) is 9.97 Å². The summed E-state index contributed by atoms with van der Waals surface area (Å²) in [7, 11) is 0. The molecule has 1 atom stereocenters. The Kier molecular flexibility index (Phi) is 4.71. The molecule has 25 heavy (non-hydrogen) atoms. The molecule has 0 radical (unpaired) electrons. The van der Waals surface area contributed by atoms with Crippen molar-refractivity contribution in [2.75, 3.05) is 18.4 Å². The number of hydrogen-bond donors (Lipinski definition) is 2. The van der Waals surface area contributed by atoms with Gasteiger partial charge in [0.25, 0.3) is 0 Å². The number of aryl methyl sites for hydroxylation is 1. The minimum Gasteiger partial charge on any atom is -0.315 e. The molecule has 130 valence electrons. The number of anilines is 2. The van der Waals surface area contributed by atoms with Crippen LogP contribution in [0.1, 0.15) is 35.0 Å². The Balaban J connectivity index is 1.50. The monoisotopic (exact) mass is 355 g/mol. The Morgan fingerprint density at radius 1 is 1.28 bits per heavy atom. The number of hydrogen-bond acceptors (Lipinski definition) is 7. The highest BCUT2D eigenvalue weighted by molar-refractivity contribution is 7.15. The van der Waals surface area contributed by atoms with Crippen molar-refractivity contribution in [3.8, 4) is 0 Å². The topological polar surface area (TPSA) is 82.6 Å². The zero-order valence-corrected chi connectivity index (χ0v) is 15.0. The smallest absolute Gasteiger partial charge is 0.188 e. The van der Waals surface area contributed by atoms with Crippen molar-refractivity contribution in [1.29, 1.82) is 0 Å². The molecule has 3 aromatic rings. The van der Waals surface area contributed by atoms with Crippen molar-refractivity contribution in [2.24, 2.45) is 0 Å². The maximum absolute atomic E-state index is 4.64. The van der Waals surface area contributed by atoms with E-state index in [-0.39, 0.29) is 0 Å². The average molecular weight is 355 g/mol. The molecule has 1 saturated heterocycles. The number of nitrogens with one attached hydrogen (secondary N) is 2. The van der Waals surface area contributed by atoms with Crippen LogP contribution in [0.5, 0.6) is 0 Å². The van der Waals surface area contributed by atoms with Crippen LogP contribution < -0.4 is 5.32 Å². The number of H-pyrrole nitrogens is 1. The van der Waals surface area contributed by atoms with Crippen LogP contribution in [0.25, 0.3) is 0 Å². The van der Waals surface area contributed by atoms with Crippen molar-refractivity contribution < 1.29 is 0 Å². The van der Waals surface area contributed by atoms with Crippen molar-refractivity contribution in [1.82, 2.24) is 30.0 Å². The highest BCUT2D eigenvalue weighted by Crippen LogP contribution is 2.31.